The van der Waals surface area contributed by atoms with E-state index in [1.165, 1.54) is 24.3 Å². The molecule has 12 N–H and O–H groups in total. The molecule has 0 unspecified atom stereocenters. The summed E-state index contributed by atoms with van der Waals surface area (Å²) in [6, 6.07) is 27.6. The highest BCUT2D eigenvalue weighted by Crippen LogP contribution is 2.52. The lowest BCUT2D eigenvalue weighted by atomic mass is 9.82. The van der Waals surface area contributed by atoms with Crippen LogP contribution in [-0.4, -0.2) is 78.3 Å². The number of nitrogens with one attached hydrogen (secondary N) is 4. The molecule has 70 heavy (non-hydrogen) atoms. The SMILES string of the molecule is CCCCN(C)c1nc(Nc2cccc(Nc3cc(S(O)(O)O)c(N)c4c3C(=O)c3ccccc3C4=O)c2)nc(Nc2cccc(Nc3cc(S(=O)(=O)O)c(N)c4c3C(=O)c3ccccc3C4=O)c2)n1. The van der Waals surface area contributed by atoms with E-state index in [2.05, 4.69) is 36.2 Å². The third-order valence-electron chi connectivity index (χ3n) is 11.6. The van der Waals surface area contributed by atoms with Crippen molar-refractivity contribution < 1.29 is 45.8 Å². The van der Waals surface area contributed by atoms with E-state index in [0.29, 0.717) is 35.2 Å². The Labute approximate surface area is 401 Å². The van der Waals surface area contributed by atoms with E-state index in [0.717, 1.165) is 25.0 Å². The van der Waals surface area contributed by atoms with Crippen LogP contribution in [0.15, 0.2) is 119 Å². The third kappa shape index (κ3) is 8.72. The van der Waals surface area contributed by atoms with Crippen LogP contribution in [0.3, 0.4) is 0 Å². The monoisotopic (exact) mass is 982 g/mol. The summed E-state index contributed by atoms with van der Waals surface area (Å²) in [7, 11) is -7.61. The van der Waals surface area contributed by atoms with E-state index >= 15 is 0 Å². The van der Waals surface area contributed by atoms with Gasteiger partial charge in [-0.25, -0.2) is 0 Å². The first-order valence-corrected chi connectivity index (χ1v) is 24.3. The molecular weight excluding hydrogens is 941 g/mol. The Balaban J connectivity index is 1.03. The molecule has 0 atom stereocenters. The summed E-state index contributed by atoms with van der Waals surface area (Å²) in [6.45, 7) is 2.64. The number of nitrogen functional groups attached to an aromatic ring is 2. The summed E-state index contributed by atoms with van der Waals surface area (Å²) in [5, 5.41) is 12.5. The van der Waals surface area contributed by atoms with Gasteiger partial charge in [-0.3, -0.25) is 23.7 Å². The van der Waals surface area contributed by atoms with Gasteiger partial charge in [0, 0.05) is 58.6 Å². The molecule has 0 aliphatic heterocycles. The first-order valence-electron chi connectivity index (χ1n) is 21.4. The van der Waals surface area contributed by atoms with Crippen molar-refractivity contribution >= 4 is 107 Å². The highest BCUT2D eigenvalue weighted by Gasteiger charge is 2.38. The Bertz CT molecular complexity index is 3490. The van der Waals surface area contributed by atoms with Crippen LogP contribution in [0.1, 0.15) is 83.5 Å². The lowest BCUT2D eigenvalue weighted by molar-refractivity contribution is 0.0980. The minimum absolute atomic E-state index is 0.0259. The molecule has 20 nitrogen and oxygen atoms in total. The van der Waals surface area contributed by atoms with Crippen LogP contribution in [0.5, 0.6) is 0 Å². The van der Waals surface area contributed by atoms with Crippen molar-refractivity contribution in [1.29, 1.82) is 0 Å². The van der Waals surface area contributed by atoms with Crippen LogP contribution in [0.2, 0.25) is 0 Å². The molecule has 0 radical (unpaired) electrons. The van der Waals surface area contributed by atoms with Crippen LogP contribution >= 0.6 is 10.9 Å². The van der Waals surface area contributed by atoms with Gasteiger partial charge in [-0.15, -0.1) is 0 Å². The van der Waals surface area contributed by atoms with E-state index in [4.69, 9.17) is 11.5 Å². The predicted octanol–water partition coefficient (Wildman–Crippen LogP) is 8.63. The number of anilines is 11. The highest BCUT2D eigenvalue weighted by molar-refractivity contribution is 8.19. The zero-order valence-electron chi connectivity index (χ0n) is 37.0. The van der Waals surface area contributed by atoms with Crippen molar-refractivity contribution in [3.8, 4) is 0 Å². The van der Waals surface area contributed by atoms with Crippen LogP contribution in [0.4, 0.5) is 63.3 Å². The quantitative estimate of drug-likeness (QED) is 0.0360. The molecule has 22 heteroatoms. The van der Waals surface area contributed by atoms with Crippen molar-refractivity contribution in [2.75, 3.05) is 51.2 Å². The van der Waals surface area contributed by atoms with Crippen molar-refractivity contribution in [2.24, 2.45) is 0 Å². The van der Waals surface area contributed by atoms with Gasteiger partial charge in [0.05, 0.1) is 49.9 Å². The van der Waals surface area contributed by atoms with E-state index in [1.54, 1.807) is 72.8 Å². The third-order valence-corrected chi connectivity index (χ3v) is 13.4. The maximum atomic E-state index is 13.9. The molecular formula is C48H42N10O10S2. The fourth-order valence-electron chi connectivity index (χ4n) is 8.29. The Morgan fingerprint density at radius 1 is 0.529 bits per heavy atom. The van der Waals surface area contributed by atoms with E-state index in [9.17, 15) is 45.8 Å². The Morgan fingerprint density at radius 3 is 1.31 bits per heavy atom. The van der Waals surface area contributed by atoms with Gasteiger partial charge in [0.15, 0.2) is 23.1 Å². The Hall–Kier alpha value is -8.25. The minimum Gasteiger partial charge on any atom is -0.397 e. The number of carbonyl (C=O) groups is 4. The summed E-state index contributed by atoms with van der Waals surface area (Å²) >= 11 is 0. The lowest BCUT2D eigenvalue weighted by Crippen LogP contribution is -2.25. The topological polar surface area (TPSA) is 325 Å². The smallest absolute Gasteiger partial charge is 0.296 e. The second-order valence-corrected chi connectivity index (χ2v) is 19.2. The largest absolute Gasteiger partial charge is 0.397 e. The van der Waals surface area contributed by atoms with E-state index in [1.807, 2.05) is 18.9 Å². The average Bonchev–Trinajstić information content (AvgIpc) is 3.32. The maximum absolute atomic E-state index is 13.9. The van der Waals surface area contributed by atoms with Crippen LogP contribution in [-0.2, 0) is 10.1 Å². The summed E-state index contributed by atoms with van der Waals surface area (Å²) in [5.41, 5.74) is 12.2. The highest BCUT2D eigenvalue weighted by atomic mass is 32.3. The van der Waals surface area contributed by atoms with E-state index in [-0.39, 0.29) is 67.8 Å². The summed E-state index contributed by atoms with van der Waals surface area (Å²) in [4.78, 5) is 69.8. The van der Waals surface area contributed by atoms with Gasteiger partial charge in [0.1, 0.15) is 15.8 Å². The lowest BCUT2D eigenvalue weighted by Gasteiger charge is -2.28. The van der Waals surface area contributed by atoms with Crippen molar-refractivity contribution in [3.05, 3.63) is 154 Å². The number of benzene rings is 6. The molecule has 9 rings (SSSR count). The first kappa shape index (κ1) is 46.8. The molecule has 0 amide bonds. The fourth-order valence-corrected chi connectivity index (χ4v) is 9.61. The van der Waals surface area contributed by atoms with Gasteiger partial charge >= 0.3 is 0 Å². The molecule has 6 aromatic carbocycles. The zero-order chi connectivity index (χ0) is 49.8. The number of hydrogen-bond acceptors (Lipinski definition) is 19. The number of carbonyl (C=O) groups excluding carboxylic acids is 4. The van der Waals surface area contributed by atoms with Crippen molar-refractivity contribution in [1.82, 2.24) is 15.0 Å². The predicted molar refractivity (Wildman–Crippen MR) is 266 cm³/mol. The Morgan fingerprint density at radius 2 is 0.914 bits per heavy atom. The van der Waals surface area contributed by atoms with Crippen molar-refractivity contribution in [3.63, 3.8) is 0 Å². The fraction of sp³-hybridized carbons (Fsp3) is 0.104. The minimum atomic E-state index is -4.96. The number of hydrogen-bond donors (Lipinski definition) is 10. The first-order chi connectivity index (χ1) is 33.3. The molecule has 0 spiro atoms. The van der Waals surface area contributed by atoms with Crippen molar-refractivity contribution in [2.45, 2.75) is 29.6 Å². The van der Waals surface area contributed by atoms with Gasteiger partial charge in [-0.2, -0.15) is 23.4 Å². The van der Waals surface area contributed by atoms with Gasteiger partial charge in [-0.1, -0.05) is 74.0 Å². The van der Waals surface area contributed by atoms with Gasteiger partial charge in [0.2, 0.25) is 17.8 Å². The Kier molecular flexibility index (Phi) is 12.0. The molecule has 0 bridgehead atoms. The summed E-state index contributed by atoms with van der Waals surface area (Å²) < 4.78 is 66.2. The van der Waals surface area contributed by atoms with Crippen LogP contribution in [0, 0.1) is 0 Å². The molecule has 1 aromatic heterocycles. The molecule has 0 saturated heterocycles. The zero-order valence-corrected chi connectivity index (χ0v) is 38.6. The summed E-state index contributed by atoms with van der Waals surface area (Å²) in [6.07, 6.45) is 1.72. The van der Waals surface area contributed by atoms with E-state index < -0.39 is 65.3 Å². The molecule has 1 heterocycles. The standard InChI is InChI=1S/C48H42N10O10S2/c1-3-4-19-58(2)48-56-46(53-26-13-9-11-24(20-26)51-32-22-34(69(63,64)65)40(49)38-36(32)42(59)28-15-5-7-17-30(28)44(38)61)55-47(57-48)54-27-14-10-12-25(21-27)52-33-23-35(70(66,67)68)41(50)39-37(33)43(60)29-16-6-8-18-31(29)45(39)62/h5-18,20-23,51-52,63-65H,3-4,19,49-50H2,1-2H3,(H,66,67,68)(H2,53,54,55,56,57). The summed E-state index contributed by atoms with van der Waals surface area (Å²) in [5.74, 6) is -1.98. The molecule has 2 aliphatic carbocycles. The second kappa shape index (κ2) is 18.0. The normalized spacial score (nSPS) is 13.2. The van der Waals surface area contributed by atoms with Crippen LogP contribution in [0.25, 0.3) is 0 Å². The number of unbranched alkanes of at least 4 members (excludes halogenated alkanes) is 1. The number of aromatic nitrogens is 3. The molecule has 0 saturated carbocycles. The molecule has 2 aliphatic rings. The number of nitrogens with two attached hydrogens (primary N) is 2. The number of nitrogens with zero attached hydrogens (tertiary/aromatic N) is 4. The van der Waals surface area contributed by atoms with Crippen LogP contribution < -0.4 is 37.6 Å². The maximum Gasteiger partial charge on any atom is 0.296 e. The van der Waals surface area contributed by atoms with Gasteiger partial charge in [-0.05, 0) is 55.0 Å². The average molecular weight is 983 g/mol. The van der Waals surface area contributed by atoms with Gasteiger partial charge < -0.3 is 51.3 Å². The molecule has 0 fully saturated rings. The number of ketones is 4. The van der Waals surface area contributed by atoms with Gasteiger partial charge in [0.25, 0.3) is 10.1 Å². The molecule has 356 valence electrons. The second-order valence-electron chi connectivity index (χ2n) is 16.3. The number of rotatable bonds is 14. The molecule has 7 aromatic rings. The number of fused-ring (bicyclic) bond motifs is 4.